The standard InChI is InChI=1S/C23H19ClFN5O3S/c1-10-17(19(31)21(33)28-23(4-5-23)22-29-26-9-34-22)16-7-11-6-15(11)30(16)18(10)20(32)27-12-2-3-14(25)13(24)8-12/h2-3,8-9,11,15H,4-7H2,1H3,(H,27,32)(H,28,33)/t11-,15-/m1/s1. The van der Waals surface area contributed by atoms with Gasteiger partial charge in [-0.15, -0.1) is 21.5 Å². The van der Waals surface area contributed by atoms with Gasteiger partial charge in [-0.1, -0.05) is 11.6 Å². The van der Waals surface area contributed by atoms with E-state index in [2.05, 4.69) is 20.8 Å². The second kappa shape index (κ2) is 7.44. The third-order valence-electron chi connectivity index (χ3n) is 6.92. The first kappa shape index (κ1) is 21.4. The summed E-state index contributed by atoms with van der Waals surface area (Å²) in [4.78, 5) is 39.6. The summed E-state index contributed by atoms with van der Waals surface area (Å²) >= 11 is 7.19. The molecule has 2 fully saturated rings. The summed E-state index contributed by atoms with van der Waals surface area (Å²) in [5.41, 5.74) is 3.14. The van der Waals surface area contributed by atoms with Gasteiger partial charge in [-0.2, -0.15) is 0 Å². The lowest BCUT2D eigenvalue weighted by atomic mass is 10.0. The summed E-state index contributed by atoms with van der Waals surface area (Å²) in [6.07, 6.45) is 2.99. The first-order valence-electron chi connectivity index (χ1n) is 10.9. The molecule has 0 bridgehead atoms. The Bertz CT molecular complexity index is 1380. The number of hydrogen-bond acceptors (Lipinski definition) is 6. The van der Waals surface area contributed by atoms with Crippen LogP contribution in [0.4, 0.5) is 10.1 Å². The monoisotopic (exact) mass is 499 g/mol. The summed E-state index contributed by atoms with van der Waals surface area (Å²) in [5.74, 6) is -2.00. The maximum atomic E-state index is 13.5. The molecule has 3 aromatic rings. The number of nitrogens with one attached hydrogen (secondary N) is 2. The summed E-state index contributed by atoms with van der Waals surface area (Å²) in [6.45, 7) is 1.69. The first-order valence-corrected chi connectivity index (χ1v) is 12.2. The number of aromatic nitrogens is 3. The van der Waals surface area contributed by atoms with Gasteiger partial charge < -0.3 is 15.2 Å². The van der Waals surface area contributed by atoms with Crippen LogP contribution in [0.2, 0.25) is 5.02 Å². The molecule has 0 unspecified atom stereocenters. The third kappa shape index (κ3) is 3.27. The highest BCUT2D eigenvalue weighted by molar-refractivity contribution is 7.09. The maximum absolute atomic E-state index is 13.5. The van der Waals surface area contributed by atoms with Crippen molar-refractivity contribution in [2.24, 2.45) is 5.92 Å². The van der Waals surface area contributed by atoms with Crippen molar-refractivity contribution in [3.63, 3.8) is 0 Å². The number of ketones is 1. The number of benzene rings is 1. The molecule has 2 amide bonds. The van der Waals surface area contributed by atoms with Gasteiger partial charge in [-0.3, -0.25) is 14.4 Å². The van der Waals surface area contributed by atoms with Crippen molar-refractivity contribution in [3.05, 3.63) is 62.1 Å². The lowest BCUT2D eigenvalue weighted by molar-refractivity contribution is -0.118. The molecule has 174 valence electrons. The molecule has 0 radical (unpaired) electrons. The van der Waals surface area contributed by atoms with Gasteiger partial charge in [0.2, 0.25) is 0 Å². The van der Waals surface area contributed by atoms with Gasteiger partial charge >= 0.3 is 0 Å². The Morgan fingerprint density at radius 3 is 2.76 bits per heavy atom. The van der Waals surface area contributed by atoms with E-state index in [-0.39, 0.29) is 11.1 Å². The van der Waals surface area contributed by atoms with E-state index < -0.39 is 29.0 Å². The van der Waals surface area contributed by atoms with Crippen molar-refractivity contribution in [3.8, 4) is 0 Å². The zero-order valence-corrected chi connectivity index (χ0v) is 19.6. The molecular weight excluding hydrogens is 481 g/mol. The van der Waals surface area contributed by atoms with Crippen LogP contribution in [-0.2, 0) is 16.8 Å². The van der Waals surface area contributed by atoms with Crippen molar-refractivity contribution in [1.29, 1.82) is 0 Å². The Hall–Kier alpha value is -3.11. The molecule has 1 aromatic carbocycles. The average Bonchev–Trinajstić information content (AvgIpc) is 3.59. The Labute approximate surface area is 202 Å². The fourth-order valence-electron chi connectivity index (χ4n) is 4.98. The number of hydrogen-bond donors (Lipinski definition) is 2. The van der Waals surface area contributed by atoms with E-state index in [1.54, 1.807) is 12.4 Å². The van der Waals surface area contributed by atoms with E-state index in [1.807, 2.05) is 4.57 Å². The molecule has 3 heterocycles. The van der Waals surface area contributed by atoms with Crippen LogP contribution in [0.5, 0.6) is 0 Å². The molecule has 34 heavy (non-hydrogen) atoms. The minimum atomic E-state index is -0.706. The van der Waals surface area contributed by atoms with Crippen LogP contribution in [0.15, 0.2) is 23.7 Å². The summed E-state index contributed by atoms with van der Waals surface area (Å²) < 4.78 is 15.4. The number of Topliss-reactive ketones (excluding diaryl/α,β-unsaturated/α-hetero) is 1. The topological polar surface area (TPSA) is 106 Å². The Kier molecular flexibility index (Phi) is 4.69. The second-order valence-corrected chi connectivity index (χ2v) is 10.4. The van der Waals surface area contributed by atoms with Gasteiger partial charge in [0, 0.05) is 17.4 Å². The van der Waals surface area contributed by atoms with Crippen molar-refractivity contribution in [2.75, 3.05) is 5.32 Å². The molecule has 11 heteroatoms. The lowest BCUT2D eigenvalue weighted by Crippen LogP contribution is -2.39. The van der Waals surface area contributed by atoms with Crippen LogP contribution < -0.4 is 10.6 Å². The normalized spacial score (nSPS) is 20.9. The number of carbonyl (C=O) groups excluding carboxylic acids is 3. The Balaban J connectivity index is 1.31. The predicted octanol–water partition coefficient (Wildman–Crippen LogP) is 3.80. The van der Waals surface area contributed by atoms with E-state index in [4.69, 9.17) is 11.6 Å². The number of halogens is 2. The van der Waals surface area contributed by atoms with E-state index in [0.29, 0.717) is 52.7 Å². The fraction of sp³-hybridized carbons (Fsp3) is 0.348. The Morgan fingerprint density at radius 2 is 2.09 bits per heavy atom. The van der Waals surface area contributed by atoms with Gasteiger partial charge in [0.1, 0.15) is 22.0 Å². The molecule has 2 atom stereocenters. The van der Waals surface area contributed by atoms with Crippen LogP contribution >= 0.6 is 22.9 Å². The highest BCUT2D eigenvalue weighted by Gasteiger charge is 2.52. The third-order valence-corrected chi connectivity index (χ3v) is 8.11. The summed E-state index contributed by atoms with van der Waals surface area (Å²) in [6, 6.07) is 4.08. The Morgan fingerprint density at radius 1 is 1.29 bits per heavy atom. The van der Waals surface area contributed by atoms with Crippen molar-refractivity contribution in [1.82, 2.24) is 20.1 Å². The molecule has 2 aliphatic carbocycles. The van der Waals surface area contributed by atoms with Gasteiger partial charge in [-0.25, -0.2) is 4.39 Å². The van der Waals surface area contributed by atoms with Crippen LogP contribution in [0.1, 0.15) is 62.4 Å². The molecule has 2 N–H and O–H groups in total. The van der Waals surface area contributed by atoms with Crippen molar-refractivity contribution < 1.29 is 18.8 Å². The average molecular weight is 500 g/mol. The number of fused-ring (bicyclic) bond motifs is 3. The van der Waals surface area contributed by atoms with E-state index >= 15 is 0 Å². The lowest BCUT2D eigenvalue weighted by Gasteiger charge is -2.14. The molecule has 0 spiro atoms. The van der Waals surface area contributed by atoms with E-state index in [9.17, 15) is 18.8 Å². The quantitative estimate of drug-likeness (QED) is 0.396. The zero-order valence-electron chi connectivity index (χ0n) is 18.0. The van der Waals surface area contributed by atoms with Gasteiger partial charge in [0.15, 0.2) is 0 Å². The number of carbonyl (C=O) groups is 3. The van der Waals surface area contributed by atoms with Gasteiger partial charge in [0.05, 0.1) is 16.1 Å². The molecule has 0 saturated heterocycles. The highest BCUT2D eigenvalue weighted by Crippen LogP contribution is 2.54. The van der Waals surface area contributed by atoms with Gasteiger partial charge in [0.25, 0.3) is 17.6 Å². The van der Waals surface area contributed by atoms with Crippen LogP contribution in [0.25, 0.3) is 0 Å². The molecule has 2 saturated carbocycles. The van der Waals surface area contributed by atoms with Crippen LogP contribution in [-0.4, -0.2) is 32.4 Å². The molecule has 1 aliphatic heterocycles. The van der Waals surface area contributed by atoms with Crippen molar-refractivity contribution >= 4 is 46.2 Å². The highest BCUT2D eigenvalue weighted by atomic mass is 35.5. The number of anilines is 1. The predicted molar refractivity (Wildman–Crippen MR) is 123 cm³/mol. The second-order valence-electron chi connectivity index (χ2n) is 9.12. The minimum Gasteiger partial charge on any atom is -0.337 e. The zero-order chi connectivity index (χ0) is 23.8. The summed E-state index contributed by atoms with van der Waals surface area (Å²) in [7, 11) is 0. The molecule has 8 nitrogen and oxygen atoms in total. The molecule has 3 aliphatic rings. The van der Waals surface area contributed by atoms with Crippen molar-refractivity contribution in [2.45, 2.75) is 44.2 Å². The fourth-order valence-corrected chi connectivity index (χ4v) is 5.93. The molecule has 2 aromatic heterocycles. The van der Waals surface area contributed by atoms with Gasteiger partial charge in [-0.05, 0) is 62.3 Å². The number of rotatable bonds is 6. The minimum absolute atomic E-state index is 0.103. The summed E-state index contributed by atoms with van der Waals surface area (Å²) in [5, 5.41) is 14.1. The van der Waals surface area contributed by atoms with E-state index in [1.165, 1.54) is 29.5 Å². The van der Waals surface area contributed by atoms with Crippen LogP contribution in [0, 0.1) is 18.7 Å². The largest absolute Gasteiger partial charge is 0.337 e. The first-order chi connectivity index (χ1) is 16.3. The smallest absolute Gasteiger partial charge is 0.293 e. The number of amides is 2. The van der Waals surface area contributed by atoms with E-state index in [0.717, 1.165) is 12.1 Å². The number of nitrogens with zero attached hydrogens (tertiary/aromatic N) is 3. The molecule has 6 rings (SSSR count). The SMILES string of the molecule is Cc1c(C(=O)C(=O)NC2(c3nncs3)CC2)c2n(c1C(=O)Nc1ccc(F)c(Cl)c1)[C@@H]1C[C@@H]1C2. The maximum Gasteiger partial charge on any atom is 0.293 e. The molecular formula is C23H19ClFN5O3S. The van der Waals surface area contributed by atoms with Crippen LogP contribution in [0.3, 0.4) is 0 Å².